The summed E-state index contributed by atoms with van der Waals surface area (Å²) in [7, 11) is -1.41. The Balaban J connectivity index is 2.09. The number of nitrogens with zero attached hydrogens (tertiary/aromatic N) is 1. The molecule has 5 heteroatoms. The van der Waals surface area contributed by atoms with Crippen LogP contribution in [0, 0.1) is 0 Å². The Morgan fingerprint density at radius 3 is 2.44 bits per heavy atom. The molecule has 0 aliphatic carbocycles. The first kappa shape index (κ1) is 13.6. The Kier molecular flexibility index (Phi) is 4.40. The first-order chi connectivity index (χ1) is 8.56. The topological polar surface area (TPSA) is 52.9 Å². The Labute approximate surface area is 108 Å². The lowest BCUT2D eigenvalue weighted by Gasteiger charge is -2.35. The van der Waals surface area contributed by atoms with Gasteiger partial charge in [-0.3, -0.25) is 4.90 Å². The van der Waals surface area contributed by atoms with Crippen molar-refractivity contribution < 1.29 is 14.8 Å². The minimum Gasteiger partial charge on any atom is -0.423 e. The zero-order chi connectivity index (χ0) is 13.1. The van der Waals surface area contributed by atoms with Crippen molar-refractivity contribution in [3.63, 3.8) is 0 Å². The van der Waals surface area contributed by atoms with Gasteiger partial charge in [-0.25, -0.2) is 0 Å². The maximum absolute atomic E-state index is 9.35. The van der Waals surface area contributed by atoms with Crippen LogP contribution in [0.15, 0.2) is 24.3 Å². The fourth-order valence-corrected chi connectivity index (χ4v) is 2.58. The van der Waals surface area contributed by atoms with Crippen LogP contribution in [0.5, 0.6) is 0 Å². The molecule has 1 heterocycles. The predicted octanol–water partition coefficient (Wildman–Crippen LogP) is -0.0244. The highest BCUT2D eigenvalue weighted by Gasteiger charge is 2.24. The summed E-state index contributed by atoms with van der Waals surface area (Å²) < 4.78 is 5.69. The average Bonchev–Trinajstić information content (AvgIpc) is 2.27. The van der Waals surface area contributed by atoms with Crippen molar-refractivity contribution in [2.24, 2.45) is 0 Å². The smallest absolute Gasteiger partial charge is 0.423 e. The molecule has 2 rings (SSSR count). The summed E-state index contributed by atoms with van der Waals surface area (Å²) in [5.74, 6) is 0. The second-order valence-corrected chi connectivity index (χ2v) is 5.02. The van der Waals surface area contributed by atoms with E-state index < -0.39 is 7.12 Å². The van der Waals surface area contributed by atoms with Gasteiger partial charge < -0.3 is 14.8 Å². The summed E-state index contributed by atoms with van der Waals surface area (Å²) in [5.41, 5.74) is 1.55. The monoisotopic (exact) mass is 249 g/mol. The fraction of sp³-hybridized carbons (Fsp3) is 0.538. The van der Waals surface area contributed by atoms with Gasteiger partial charge in [-0.1, -0.05) is 24.3 Å². The predicted molar refractivity (Wildman–Crippen MR) is 71.6 cm³/mol. The summed E-state index contributed by atoms with van der Waals surface area (Å²) in [6.07, 6.45) is 0.444. The molecule has 1 fully saturated rings. The van der Waals surface area contributed by atoms with Crippen molar-refractivity contribution in [1.29, 1.82) is 0 Å². The van der Waals surface area contributed by atoms with Gasteiger partial charge in [-0.15, -0.1) is 0 Å². The summed E-state index contributed by atoms with van der Waals surface area (Å²) in [4.78, 5) is 2.29. The molecule has 0 spiro atoms. The van der Waals surface area contributed by atoms with Crippen molar-refractivity contribution in [3.05, 3.63) is 29.8 Å². The molecular weight excluding hydrogens is 229 g/mol. The van der Waals surface area contributed by atoms with E-state index in [1.54, 1.807) is 6.07 Å². The molecule has 18 heavy (non-hydrogen) atoms. The number of benzene rings is 1. The van der Waals surface area contributed by atoms with Crippen molar-refractivity contribution in [1.82, 2.24) is 4.90 Å². The van der Waals surface area contributed by atoms with Gasteiger partial charge in [0.05, 0.1) is 12.2 Å². The number of ether oxygens (including phenoxy) is 1. The van der Waals surface area contributed by atoms with E-state index in [0.29, 0.717) is 5.46 Å². The first-order valence-corrected chi connectivity index (χ1v) is 6.38. The lowest BCUT2D eigenvalue weighted by Crippen LogP contribution is -2.46. The number of hydrogen-bond donors (Lipinski definition) is 2. The van der Waals surface area contributed by atoms with Crippen molar-refractivity contribution in [3.8, 4) is 0 Å². The lowest BCUT2D eigenvalue weighted by molar-refractivity contribution is -0.0704. The molecule has 1 aromatic carbocycles. The van der Waals surface area contributed by atoms with Crippen LogP contribution in [0.25, 0.3) is 0 Å². The summed E-state index contributed by atoms with van der Waals surface area (Å²) in [6.45, 7) is 6.61. The molecule has 0 radical (unpaired) electrons. The van der Waals surface area contributed by atoms with E-state index in [9.17, 15) is 10.0 Å². The maximum Gasteiger partial charge on any atom is 0.488 e. The van der Waals surface area contributed by atoms with Gasteiger partial charge in [-0.05, 0) is 24.9 Å². The maximum atomic E-state index is 9.35. The standard InChI is InChI=1S/C13H20BNO3/c1-10-7-15(8-11(2)18-10)9-12-5-3-4-6-13(12)14(16)17/h3-6,10-11,16-17H,7-9H2,1-2H3. The third kappa shape index (κ3) is 3.33. The normalized spacial score (nSPS) is 25.1. The molecule has 98 valence electrons. The molecule has 0 saturated carbocycles. The third-order valence-corrected chi connectivity index (χ3v) is 3.22. The quantitative estimate of drug-likeness (QED) is 0.739. The van der Waals surface area contributed by atoms with E-state index in [-0.39, 0.29) is 12.2 Å². The fourth-order valence-electron chi connectivity index (χ4n) is 2.58. The highest BCUT2D eigenvalue weighted by atomic mass is 16.5. The summed E-state index contributed by atoms with van der Waals surface area (Å²) in [5, 5.41) is 18.7. The van der Waals surface area contributed by atoms with Crippen LogP contribution >= 0.6 is 0 Å². The van der Waals surface area contributed by atoms with Gasteiger partial charge >= 0.3 is 7.12 Å². The highest BCUT2D eigenvalue weighted by molar-refractivity contribution is 6.59. The van der Waals surface area contributed by atoms with Crippen molar-refractivity contribution in [2.45, 2.75) is 32.6 Å². The molecule has 0 aromatic heterocycles. The molecule has 1 aliphatic heterocycles. The third-order valence-electron chi connectivity index (χ3n) is 3.22. The molecule has 0 bridgehead atoms. The van der Waals surface area contributed by atoms with Gasteiger partial charge in [-0.2, -0.15) is 0 Å². The minimum absolute atomic E-state index is 0.222. The molecule has 4 nitrogen and oxygen atoms in total. The van der Waals surface area contributed by atoms with E-state index >= 15 is 0 Å². The Hall–Kier alpha value is -0.875. The number of rotatable bonds is 3. The SMILES string of the molecule is CC1CN(Cc2ccccc2B(O)O)CC(C)O1. The second kappa shape index (κ2) is 5.84. The van der Waals surface area contributed by atoms with Gasteiger partial charge in [0.1, 0.15) is 0 Å². The average molecular weight is 249 g/mol. The van der Waals surface area contributed by atoms with Gasteiger partial charge in [0.2, 0.25) is 0 Å². The van der Waals surface area contributed by atoms with Crippen LogP contribution in [0.3, 0.4) is 0 Å². The van der Waals surface area contributed by atoms with Crippen LogP contribution in [0.2, 0.25) is 0 Å². The Morgan fingerprint density at radius 1 is 1.22 bits per heavy atom. The summed E-state index contributed by atoms with van der Waals surface area (Å²) in [6, 6.07) is 7.45. The molecule has 2 N–H and O–H groups in total. The zero-order valence-electron chi connectivity index (χ0n) is 10.9. The molecule has 1 aliphatic rings. The van der Waals surface area contributed by atoms with E-state index in [0.717, 1.165) is 25.2 Å². The zero-order valence-corrected chi connectivity index (χ0v) is 10.9. The number of hydrogen-bond acceptors (Lipinski definition) is 4. The van der Waals surface area contributed by atoms with E-state index in [4.69, 9.17) is 4.74 Å². The molecule has 1 saturated heterocycles. The molecular formula is C13H20BNO3. The Bertz CT molecular complexity index is 390. The molecule has 2 atom stereocenters. The molecule has 0 amide bonds. The van der Waals surface area contributed by atoms with Crippen molar-refractivity contribution in [2.75, 3.05) is 13.1 Å². The number of morpholine rings is 1. The van der Waals surface area contributed by atoms with Crippen LogP contribution in [-0.2, 0) is 11.3 Å². The molecule has 2 unspecified atom stereocenters. The van der Waals surface area contributed by atoms with Crippen LogP contribution in [0.4, 0.5) is 0 Å². The largest absolute Gasteiger partial charge is 0.488 e. The Morgan fingerprint density at radius 2 is 1.83 bits per heavy atom. The van der Waals surface area contributed by atoms with E-state index in [1.807, 2.05) is 18.2 Å². The van der Waals surface area contributed by atoms with Crippen LogP contribution < -0.4 is 5.46 Å². The lowest BCUT2D eigenvalue weighted by atomic mass is 9.77. The molecule has 1 aromatic rings. The highest BCUT2D eigenvalue weighted by Crippen LogP contribution is 2.13. The summed E-state index contributed by atoms with van der Waals surface area (Å²) >= 11 is 0. The van der Waals surface area contributed by atoms with Gasteiger partial charge in [0, 0.05) is 19.6 Å². The van der Waals surface area contributed by atoms with Gasteiger partial charge in [0.25, 0.3) is 0 Å². The van der Waals surface area contributed by atoms with Crippen LogP contribution in [-0.4, -0.2) is 47.4 Å². The second-order valence-electron chi connectivity index (χ2n) is 5.02. The first-order valence-electron chi connectivity index (χ1n) is 6.38. The van der Waals surface area contributed by atoms with E-state index in [1.165, 1.54) is 0 Å². The van der Waals surface area contributed by atoms with Crippen LogP contribution in [0.1, 0.15) is 19.4 Å². The van der Waals surface area contributed by atoms with Crippen molar-refractivity contribution >= 4 is 12.6 Å². The van der Waals surface area contributed by atoms with E-state index in [2.05, 4.69) is 18.7 Å². The van der Waals surface area contributed by atoms with Gasteiger partial charge in [0.15, 0.2) is 0 Å². The minimum atomic E-state index is -1.41.